The molecule has 1 heterocycles. The Kier molecular flexibility index (Phi) is 5.29. The number of ether oxygens (including phenoxy) is 1. The lowest BCUT2D eigenvalue weighted by Crippen LogP contribution is -2.52. The van der Waals surface area contributed by atoms with Crippen LogP contribution in [0.25, 0.3) is 0 Å². The van der Waals surface area contributed by atoms with E-state index in [4.69, 9.17) is 16.3 Å². The number of piperazine rings is 1. The number of carbonyl (C=O) groups is 2. The molecule has 130 valence electrons. The number of nitrogens with zero attached hydrogens (tertiary/aromatic N) is 2. The first-order chi connectivity index (χ1) is 11.6. The highest BCUT2D eigenvalue weighted by Gasteiger charge is 2.32. The third-order valence-electron chi connectivity index (χ3n) is 5.00. The second-order valence-corrected chi connectivity index (χ2v) is 6.88. The van der Waals surface area contributed by atoms with E-state index in [-0.39, 0.29) is 24.2 Å². The van der Waals surface area contributed by atoms with Crippen molar-refractivity contribution < 1.29 is 14.3 Å². The molecule has 2 fully saturated rings. The summed E-state index contributed by atoms with van der Waals surface area (Å²) >= 11 is 6.21. The summed E-state index contributed by atoms with van der Waals surface area (Å²) in [4.78, 5) is 28.5. The van der Waals surface area contributed by atoms with Gasteiger partial charge in [-0.2, -0.15) is 0 Å². The normalized spacial score (nSPS) is 18.2. The Morgan fingerprint density at radius 1 is 1.17 bits per heavy atom. The molecule has 0 radical (unpaired) electrons. The van der Waals surface area contributed by atoms with E-state index in [9.17, 15) is 9.59 Å². The summed E-state index contributed by atoms with van der Waals surface area (Å²) in [6.07, 6.45) is 3.48. The van der Waals surface area contributed by atoms with Crippen LogP contribution < -0.4 is 4.74 Å². The zero-order valence-electron chi connectivity index (χ0n) is 14.0. The second-order valence-electron chi connectivity index (χ2n) is 6.47. The summed E-state index contributed by atoms with van der Waals surface area (Å²) in [6, 6.07) is 5.36. The summed E-state index contributed by atoms with van der Waals surface area (Å²) in [5.41, 5.74) is 0.801. The van der Waals surface area contributed by atoms with E-state index in [0.717, 1.165) is 24.8 Å². The van der Waals surface area contributed by atoms with E-state index in [1.807, 2.05) is 21.9 Å². The van der Waals surface area contributed by atoms with Crippen LogP contribution in [0.2, 0.25) is 5.02 Å². The first-order valence-electron chi connectivity index (χ1n) is 8.47. The fraction of sp³-hybridized carbons (Fsp3) is 0.556. The molecular formula is C18H23ClN2O3. The van der Waals surface area contributed by atoms with E-state index in [1.165, 1.54) is 0 Å². The van der Waals surface area contributed by atoms with Gasteiger partial charge in [0.1, 0.15) is 5.75 Å². The molecule has 0 unspecified atom stereocenters. The highest BCUT2D eigenvalue weighted by atomic mass is 35.5. The highest BCUT2D eigenvalue weighted by Crippen LogP contribution is 2.28. The van der Waals surface area contributed by atoms with Crippen LogP contribution in [-0.4, -0.2) is 54.9 Å². The van der Waals surface area contributed by atoms with Crippen LogP contribution in [0, 0.1) is 5.92 Å². The predicted octanol–water partition coefficient (Wildman–Crippen LogP) is 2.36. The second kappa shape index (κ2) is 7.43. The third-order valence-corrected chi connectivity index (χ3v) is 5.35. The van der Waals surface area contributed by atoms with Crippen molar-refractivity contribution in [3.8, 4) is 5.75 Å². The topological polar surface area (TPSA) is 49.9 Å². The van der Waals surface area contributed by atoms with Gasteiger partial charge in [-0.1, -0.05) is 24.1 Å². The molecule has 5 nitrogen and oxygen atoms in total. The van der Waals surface area contributed by atoms with Crippen LogP contribution in [0.4, 0.5) is 0 Å². The van der Waals surface area contributed by atoms with E-state index in [1.54, 1.807) is 13.2 Å². The van der Waals surface area contributed by atoms with Gasteiger partial charge in [0.2, 0.25) is 11.8 Å². The Balaban J connectivity index is 1.52. The number of methoxy groups -OCH3 is 1. The minimum atomic E-state index is 0.0535. The molecule has 1 aliphatic carbocycles. The number of rotatable bonds is 4. The van der Waals surface area contributed by atoms with Crippen LogP contribution >= 0.6 is 11.6 Å². The zero-order chi connectivity index (χ0) is 17.1. The Morgan fingerprint density at radius 3 is 2.38 bits per heavy atom. The first kappa shape index (κ1) is 17.1. The molecule has 1 aromatic rings. The van der Waals surface area contributed by atoms with Gasteiger partial charge in [-0.05, 0) is 30.5 Å². The van der Waals surface area contributed by atoms with Crippen molar-refractivity contribution in [2.24, 2.45) is 5.92 Å². The zero-order valence-corrected chi connectivity index (χ0v) is 14.7. The quantitative estimate of drug-likeness (QED) is 0.837. The Morgan fingerprint density at radius 2 is 1.83 bits per heavy atom. The Bertz CT molecular complexity index is 623. The average molecular weight is 351 g/mol. The van der Waals surface area contributed by atoms with Crippen LogP contribution in [0.15, 0.2) is 18.2 Å². The molecule has 0 aromatic heterocycles. The van der Waals surface area contributed by atoms with Gasteiger partial charge in [0.15, 0.2) is 0 Å². The van der Waals surface area contributed by atoms with Crippen molar-refractivity contribution in [3.05, 3.63) is 28.8 Å². The van der Waals surface area contributed by atoms with Crippen molar-refractivity contribution >= 4 is 23.4 Å². The van der Waals surface area contributed by atoms with Crippen LogP contribution in [0.3, 0.4) is 0 Å². The van der Waals surface area contributed by atoms with Gasteiger partial charge in [0.25, 0.3) is 0 Å². The molecule has 0 atom stereocenters. The van der Waals surface area contributed by atoms with Crippen molar-refractivity contribution in [1.29, 1.82) is 0 Å². The van der Waals surface area contributed by atoms with Crippen molar-refractivity contribution in [3.63, 3.8) is 0 Å². The average Bonchev–Trinajstić information content (AvgIpc) is 2.55. The summed E-state index contributed by atoms with van der Waals surface area (Å²) in [5, 5.41) is 0.543. The Labute approximate surface area is 147 Å². The molecule has 24 heavy (non-hydrogen) atoms. The lowest BCUT2D eigenvalue weighted by Gasteiger charge is -2.38. The molecule has 0 N–H and O–H groups in total. The predicted molar refractivity (Wildman–Crippen MR) is 92.2 cm³/mol. The number of carbonyl (C=O) groups excluding carboxylic acids is 2. The number of amides is 2. The summed E-state index contributed by atoms with van der Waals surface area (Å²) < 4.78 is 5.12. The summed E-state index contributed by atoms with van der Waals surface area (Å²) in [6.45, 7) is 2.48. The maximum absolute atomic E-state index is 12.5. The number of hydrogen-bond acceptors (Lipinski definition) is 3. The van der Waals surface area contributed by atoms with Crippen molar-refractivity contribution in [1.82, 2.24) is 9.80 Å². The van der Waals surface area contributed by atoms with Crippen LogP contribution in [-0.2, 0) is 16.0 Å². The van der Waals surface area contributed by atoms with Crippen molar-refractivity contribution in [2.75, 3.05) is 33.3 Å². The molecule has 0 spiro atoms. The maximum atomic E-state index is 12.5. The molecule has 6 heteroatoms. The molecule has 1 saturated carbocycles. The minimum absolute atomic E-state index is 0.0535. The monoisotopic (exact) mass is 350 g/mol. The molecule has 2 amide bonds. The molecule has 3 rings (SSSR count). The van der Waals surface area contributed by atoms with E-state index in [0.29, 0.717) is 37.0 Å². The van der Waals surface area contributed by atoms with Gasteiger partial charge in [-0.25, -0.2) is 0 Å². The summed E-state index contributed by atoms with van der Waals surface area (Å²) in [5.74, 6) is 1.23. The Hall–Kier alpha value is -1.75. The van der Waals surface area contributed by atoms with E-state index in [2.05, 4.69) is 0 Å². The molecule has 1 aromatic carbocycles. The SMILES string of the molecule is COc1ccc(CC(=O)N2CCN(C(=O)C3CCC3)CC2)c(Cl)c1. The molecule has 2 aliphatic rings. The number of halogens is 1. The molecule has 1 aliphatic heterocycles. The largest absolute Gasteiger partial charge is 0.497 e. The first-order valence-corrected chi connectivity index (χ1v) is 8.85. The fourth-order valence-electron chi connectivity index (χ4n) is 3.16. The highest BCUT2D eigenvalue weighted by molar-refractivity contribution is 6.31. The maximum Gasteiger partial charge on any atom is 0.227 e. The van der Waals surface area contributed by atoms with E-state index < -0.39 is 0 Å². The van der Waals surface area contributed by atoms with Crippen LogP contribution in [0.5, 0.6) is 5.75 Å². The lowest BCUT2D eigenvalue weighted by atomic mass is 9.84. The summed E-state index contributed by atoms with van der Waals surface area (Å²) in [7, 11) is 1.58. The fourth-order valence-corrected chi connectivity index (χ4v) is 3.40. The molecular weight excluding hydrogens is 328 g/mol. The standard InChI is InChI=1S/C18H23ClN2O3/c1-24-15-6-5-14(16(19)12-15)11-17(22)20-7-9-21(10-8-20)18(23)13-3-2-4-13/h5-6,12-13H,2-4,7-11H2,1H3. The molecule has 1 saturated heterocycles. The van der Waals surface area contributed by atoms with Crippen molar-refractivity contribution in [2.45, 2.75) is 25.7 Å². The smallest absolute Gasteiger partial charge is 0.227 e. The van der Waals surface area contributed by atoms with Gasteiger partial charge >= 0.3 is 0 Å². The van der Waals surface area contributed by atoms with Gasteiger partial charge in [-0.3, -0.25) is 9.59 Å². The molecule has 0 bridgehead atoms. The van der Waals surface area contributed by atoms with E-state index >= 15 is 0 Å². The lowest BCUT2D eigenvalue weighted by molar-refractivity contribution is -0.143. The minimum Gasteiger partial charge on any atom is -0.497 e. The van der Waals surface area contributed by atoms with Gasteiger partial charge in [-0.15, -0.1) is 0 Å². The van der Waals surface area contributed by atoms with Crippen LogP contribution in [0.1, 0.15) is 24.8 Å². The number of hydrogen-bond donors (Lipinski definition) is 0. The van der Waals surface area contributed by atoms with Gasteiger partial charge < -0.3 is 14.5 Å². The van der Waals surface area contributed by atoms with Gasteiger partial charge in [0, 0.05) is 37.1 Å². The van der Waals surface area contributed by atoms with Gasteiger partial charge in [0.05, 0.1) is 13.5 Å². The number of benzene rings is 1. The third kappa shape index (κ3) is 3.66.